The zero-order valence-electron chi connectivity index (χ0n) is 13.7. The molecule has 0 saturated heterocycles. The zero-order chi connectivity index (χ0) is 16.2. The van der Waals surface area contributed by atoms with Crippen LogP contribution in [0.4, 0.5) is 0 Å². The number of ether oxygens (including phenoxy) is 1. The van der Waals surface area contributed by atoms with Gasteiger partial charge in [-0.15, -0.1) is 0 Å². The Morgan fingerprint density at radius 1 is 1.24 bits per heavy atom. The van der Waals surface area contributed by atoms with Gasteiger partial charge in [0.05, 0.1) is 13.2 Å². The molecule has 1 aliphatic rings. The number of carbonyl (C=O) groups is 1. The molecule has 4 heteroatoms. The molecule has 21 heavy (non-hydrogen) atoms. The van der Waals surface area contributed by atoms with Crippen LogP contribution in [0.2, 0.25) is 0 Å². The number of hydrogen-bond acceptors (Lipinski definition) is 3. The molecule has 0 aliphatic carbocycles. The van der Waals surface area contributed by atoms with Crippen LogP contribution in [0.15, 0.2) is 34.8 Å². The highest BCUT2D eigenvalue weighted by atomic mass is 16.5. The van der Waals surface area contributed by atoms with Crippen LogP contribution in [0.5, 0.6) is 0 Å². The van der Waals surface area contributed by atoms with Crippen molar-refractivity contribution in [1.82, 2.24) is 4.90 Å². The number of allylic oxidation sites excluding steroid dienone is 5. The fourth-order valence-corrected chi connectivity index (χ4v) is 2.40. The number of hydrogen-bond donors (Lipinski definition) is 0. The van der Waals surface area contributed by atoms with E-state index < -0.39 is 5.97 Å². The van der Waals surface area contributed by atoms with Gasteiger partial charge in [0.1, 0.15) is 0 Å². The minimum atomic E-state index is -0.542. The van der Waals surface area contributed by atoms with Crippen LogP contribution in [-0.2, 0) is 9.53 Å². The van der Waals surface area contributed by atoms with Crippen molar-refractivity contribution < 1.29 is 9.53 Å². The molecule has 0 unspecified atom stereocenters. The van der Waals surface area contributed by atoms with Gasteiger partial charge in [-0.05, 0) is 51.3 Å². The maximum absolute atomic E-state index is 12.0. The fourth-order valence-electron chi connectivity index (χ4n) is 2.40. The molecule has 4 nitrogen and oxygen atoms in total. The van der Waals surface area contributed by atoms with Crippen molar-refractivity contribution in [3.63, 3.8) is 0 Å². The van der Waals surface area contributed by atoms with Crippen molar-refractivity contribution in [3.05, 3.63) is 46.2 Å². The predicted octanol–water partition coefficient (Wildman–Crippen LogP) is 3.89. The second kappa shape index (κ2) is 7.12. The topological polar surface area (TPSA) is 33.9 Å². The molecule has 0 radical (unpaired) electrons. The lowest BCUT2D eigenvalue weighted by atomic mass is 10.0. The molecule has 0 aromatic carbocycles. The molecule has 0 atom stereocenters. The molecule has 0 amide bonds. The van der Waals surface area contributed by atoms with Crippen molar-refractivity contribution in [1.29, 1.82) is 0 Å². The Bertz CT molecular complexity index is 524. The van der Waals surface area contributed by atoms with Gasteiger partial charge in [0, 0.05) is 17.4 Å². The van der Waals surface area contributed by atoms with Crippen molar-refractivity contribution in [2.24, 2.45) is 5.92 Å². The van der Waals surface area contributed by atoms with Crippen molar-refractivity contribution in [2.75, 3.05) is 6.61 Å². The van der Waals surface area contributed by atoms with Gasteiger partial charge in [-0.2, -0.15) is 0 Å². The second-order valence-electron chi connectivity index (χ2n) is 5.94. The highest BCUT2D eigenvalue weighted by Gasteiger charge is 2.22. The van der Waals surface area contributed by atoms with Gasteiger partial charge in [0.2, 0.25) is 0 Å². The molecule has 0 saturated carbocycles. The van der Waals surface area contributed by atoms with Crippen LogP contribution >= 0.6 is 0 Å². The summed E-state index contributed by atoms with van der Waals surface area (Å²) >= 11 is 0. The van der Waals surface area contributed by atoms with E-state index >= 15 is 0 Å². The van der Waals surface area contributed by atoms with Crippen molar-refractivity contribution >= 4 is 5.97 Å². The van der Waals surface area contributed by atoms with Gasteiger partial charge in [-0.3, -0.25) is 4.79 Å². The van der Waals surface area contributed by atoms with Crippen molar-refractivity contribution in [3.8, 4) is 0 Å². The van der Waals surface area contributed by atoms with Crippen LogP contribution in [0.3, 0.4) is 0 Å². The first kappa shape index (κ1) is 17.0. The summed E-state index contributed by atoms with van der Waals surface area (Å²) in [6.07, 6.45) is 3.74. The van der Waals surface area contributed by atoms with E-state index in [1.165, 1.54) is 0 Å². The SMILES string of the molecule is [C-]#[N+]C(C(=O)OCC(C)C)=C1C=C(C)N(C(C)C)C(C)=C1. The lowest BCUT2D eigenvalue weighted by Gasteiger charge is -2.33. The summed E-state index contributed by atoms with van der Waals surface area (Å²) in [5.74, 6) is -0.289. The molecular weight excluding hydrogens is 264 g/mol. The monoisotopic (exact) mass is 288 g/mol. The van der Waals surface area contributed by atoms with E-state index in [-0.39, 0.29) is 11.6 Å². The first-order valence-electron chi connectivity index (χ1n) is 7.22. The Balaban J connectivity index is 3.11. The predicted molar refractivity (Wildman–Crippen MR) is 83.9 cm³/mol. The van der Waals surface area contributed by atoms with Gasteiger partial charge < -0.3 is 9.64 Å². The van der Waals surface area contributed by atoms with Gasteiger partial charge in [-0.1, -0.05) is 13.8 Å². The van der Waals surface area contributed by atoms with E-state index in [4.69, 9.17) is 11.3 Å². The third kappa shape index (κ3) is 4.22. The van der Waals surface area contributed by atoms with Gasteiger partial charge in [-0.25, -0.2) is 4.85 Å². The molecule has 1 heterocycles. The Labute approximate surface area is 127 Å². The number of carbonyl (C=O) groups excluding carboxylic acids is 1. The standard InChI is InChI=1S/C17H24N2O2/c1-11(2)10-21-17(20)16(18-7)15-8-13(5)19(12(3)4)14(6)9-15/h8-9,11-12H,10H2,1-6H3. The minimum absolute atomic E-state index is 0.0535. The Morgan fingerprint density at radius 3 is 2.14 bits per heavy atom. The molecule has 0 fully saturated rings. The van der Waals surface area contributed by atoms with Crippen LogP contribution in [0, 0.1) is 12.5 Å². The summed E-state index contributed by atoms with van der Waals surface area (Å²) in [6.45, 7) is 19.7. The summed E-state index contributed by atoms with van der Waals surface area (Å²) in [5, 5.41) is 0. The van der Waals surface area contributed by atoms with E-state index in [0.717, 1.165) is 11.4 Å². The van der Waals surface area contributed by atoms with E-state index in [2.05, 4.69) is 23.6 Å². The van der Waals surface area contributed by atoms with Crippen LogP contribution in [-0.4, -0.2) is 23.5 Å². The third-order valence-corrected chi connectivity index (χ3v) is 3.13. The fraction of sp³-hybridized carbons (Fsp3) is 0.529. The minimum Gasteiger partial charge on any atom is -0.470 e. The number of rotatable bonds is 4. The molecule has 0 bridgehead atoms. The Morgan fingerprint density at radius 2 is 1.76 bits per heavy atom. The van der Waals surface area contributed by atoms with Gasteiger partial charge in [0.25, 0.3) is 5.70 Å². The van der Waals surface area contributed by atoms with Crippen LogP contribution in [0.1, 0.15) is 41.5 Å². The first-order chi connectivity index (χ1) is 9.77. The molecule has 114 valence electrons. The zero-order valence-corrected chi connectivity index (χ0v) is 13.7. The lowest BCUT2D eigenvalue weighted by Crippen LogP contribution is -2.29. The van der Waals surface area contributed by atoms with Crippen LogP contribution in [0.25, 0.3) is 4.85 Å². The summed E-state index contributed by atoms with van der Waals surface area (Å²) in [6, 6.07) is 0.336. The highest BCUT2D eigenvalue weighted by molar-refractivity contribution is 5.92. The third-order valence-electron chi connectivity index (χ3n) is 3.13. The maximum atomic E-state index is 12.0. The number of esters is 1. The summed E-state index contributed by atoms with van der Waals surface area (Å²) < 4.78 is 5.17. The molecule has 1 rings (SSSR count). The average molecular weight is 288 g/mol. The largest absolute Gasteiger partial charge is 0.470 e. The molecule has 0 aromatic heterocycles. The average Bonchev–Trinajstić information content (AvgIpc) is 2.35. The van der Waals surface area contributed by atoms with E-state index in [9.17, 15) is 4.79 Å². The van der Waals surface area contributed by atoms with E-state index in [0.29, 0.717) is 18.2 Å². The number of nitrogens with zero attached hydrogens (tertiary/aromatic N) is 2. The van der Waals surface area contributed by atoms with Crippen LogP contribution < -0.4 is 0 Å². The molecule has 1 aliphatic heterocycles. The normalized spacial score (nSPS) is 14.8. The lowest BCUT2D eigenvalue weighted by molar-refractivity contribution is -0.139. The van der Waals surface area contributed by atoms with Gasteiger partial charge >= 0.3 is 5.97 Å². The second-order valence-corrected chi connectivity index (χ2v) is 5.94. The van der Waals surface area contributed by atoms with Gasteiger partial charge in [0.15, 0.2) is 0 Å². The molecular formula is C17H24N2O2. The summed E-state index contributed by atoms with van der Waals surface area (Å²) in [5.41, 5.74) is 2.74. The Kier molecular flexibility index (Phi) is 5.78. The highest BCUT2D eigenvalue weighted by Crippen LogP contribution is 2.27. The van der Waals surface area contributed by atoms with E-state index in [1.807, 2.05) is 39.8 Å². The maximum Gasteiger partial charge on any atom is 0.336 e. The molecule has 0 aromatic rings. The quantitative estimate of drug-likeness (QED) is 0.447. The first-order valence-corrected chi connectivity index (χ1v) is 7.22. The molecule has 0 N–H and O–H groups in total. The summed E-state index contributed by atoms with van der Waals surface area (Å²) in [7, 11) is 0. The van der Waals surface area contributed by atoms with Crippen molar-refractivity contribution in [2.45, 2.75) is 47.6 Å². The molecule has 0 spiro atoms. The Hall–Kier alpha value is -2.02. The summed E-state index contributed by atoms with van der Waals surface area (Å²) in [4.78, 5) is 17.6. The van der Waals surface area contributed by atoms with E-state index in [1.54, 1.807) is 0 Å². The smallest absolute Gasteiger partial charge is 0.336 e.